The molecule has 0 bridgehead atoms. The molecule has 1 N–H and O–H groups in total. The van der Waals surface area contributed by atoms with Crippen LogP contribution in [0.25, 0.3) is 0 Å². The van der Waals surface area contributed by atoms with E-state index in [-0.39, 0.29) is 29.5 Å². The highest BCUT2D eigenvalue weighted by Crippen LogP contribution is 2.27. The van der Waals surface area contributed by atoms with Crippen molar-refractivity contribution < 1.29 is 27.1 Å². The first kappa shape index (κ1) is 34.6. The maximum absolute atomic E-state index is 14.4. The SMILES string of the molecule is CCCCNC(=O)[C@H](Cc1ccccc1)N(Cc1ccc(Br)cc1)C(=O)CN(c1ccc(F)cc1)S(=O)(=O)c1ccc(OC)cc1. The molecule has 0 saturated carbocycles. The van der Waals surface area contributed by atoms with E-state index >= 15 is 0 Å². The first-order valence-corrected chi connectivity index (χ1v) is 17.1. The summed E-state index contributed by atoms with van der Waals surface area (Å²) >= 11 is 3.44. The lowest BCUT2D eigenvalue weighted by molar-refractivity contribution is -0.140. The quantitative estimate of drug-likeness (QED) is 0.145. The zero-order valence-corrected chi connectivity index (χ0v) is 28.1. The molecular formula is C35H37BrFN3O5S. The number of carbonyl (C=O) groups is 2. The van der Waals surface area contributed by atoms with Crippen LogP contribution in [0.2, 0.25) is 0 Å². The maximum Gasteiger partial charge on any atom is 0.264 e. The summed E-state index contributed by atoms with van der Waals surface area (Å²) in [7, 11) is -2.85. The molecule has 4 rings (SSSR count). The van der Waals surface area contributed by atoms with E-state index in [0.29, 0.717) is 12.3 Å². The number of nitrogens with one attached hydrogen (secondary N) is 1. The van der Waals surface area contributed by atoms with Gasteiger partial charge in [-0.25, -0.2) is 12.8 Å². The van der Waals surface area contributed by atoms with Crippen LogP contribution in [0, 0.1) is 5.82 Å². The lowest BCUT2D eigenvalue weighted by Crippen LogP contribution is -2.53. The molecule has 242 valence electrons. The molecule has 0 unspecified atom stereocenters. The minimum atomic E-state index is -4.32. The molecule has 0 heterocycles. The van der Waals surface area contributed by atoms with Gasteiger partial charge in [0, 0.05) is 24.0 Å². The number of ether oxygens (including phenoxy) is 1. The van der Waals surface area contributed by atoms with E-state index in [1.807, 2.05) is 61.5 Å². The monoisotopic (exact) mass is 709 g/mol. The first-order valence-electron chi connectivity index (χ1n) is 14.9. The lowest BCUT2D eigenvalue weighted by atomic mass is 10.0. The topological polar surface area (TPSA) is 96.0 Å². The summed E-state index contributed by atoms with van der Waals surface area (Å²) in [4.78, 5) is 29.6. The van der Waals surface area contributed by atoms with Crippen LogP contribution in [0.3, 0.4) is 0 Å². The Morgan fingerprint density at radius 1 is 0.891 bits per heavy atom. The first-order chi connectivity index (χ1) is 22.1. The molecule has 0 aliphatic heterocycles. The van der Waals surface area contributed by atoms with Crippen molar-refractivity contribution in [3.63, 3.8) is 0 Å². The van der Waals surface area contributed by atoms with Crippen LogP contribution in [0.1, 0.15) is 30.9 Å². The van der Waals surface area contributed by atoms with Gasteiger partial charge in [0.1, 0.15) is 24.2 Å². The van der Waals surface area contributed by atoms with E-state index in [1.165, 1.54) is 48.4 Å². The third-order valence-electron chi connectivity index (χ3n) is 7.41. The van der Waals surface area contributed by atoms with Crippen molar-refractivity contribution in [3.8, 4) is 5.75 Å². The van der Waals surface area contributed by atoms with E-state index in [2.05, 4.69) is 21.2 Å². The summed E-state index contributed by atoms with van der Waals surface area (Å²) < 4.78 is 49.1. The smallest absolute Gasteiger partial charge is 0.264 e. The molecule has 8 nitrogen and oxygen atoms in total. The largest absolute Gasteiger partial charge is 0.497 e. The molecule has 1 atom stereocenters. The summed E-state index contributed by atoms with van der Waals surface area (Å²) in [5.41, 5.74) is 1.69. The van der Waals surface area contributed by atoms with Crippen LogP contribution in [0.15, 0.2) is 112 Å². The molecule has 0 aromatic heterocycles. The predicted octanol–water partition coefficient (Wildman–Crippen LogP) is 6.35. The van der Waals surface area contributed by atoms with Crippen molar-refractivity contribution >= 4 is 43.5 Å². The van der Waals surface area contributed by atoms with Crippen LogP contribution < -0.4 is 14.4 Å². The second-order valence-electron chi connectivity index (χ2n) is 10.7. The van der Waals surface area contributed by atoms with Crippen molar-refractivity contribution in [2.24, 2.45) is 0 Å². The molecule has 0 fully saturated rings. The normalized spacial score (nSPS) is 11.8. The summed E-state index contributed by atoms with van der Waals surface area (Å²) in [6, 6.07) is 26.4. The van der Waals surface area contributed by atoms with Crippen LogP contribution in [-0.4, -0.2) is 51.4 Å². The molecule has 0 aliphatic rings. The van der Waals surface area contributed by atoms with Gasteiger partial charge in [-0.15, -0.1) is 0 Å². The van der Waals surface area contributed by atoms with Gasteiger partial charge >= 0.3 is 0 Å². The molecule has 0 aliphatic carbocycles. The average molecular weight is 711 g/mol. The van der Waals surface area contributed by atoms with Gasteiger partial charge in [-0.05, 0) is 78.2 Å². The van der Waals surface area contributed by atoms with Crippen molar-refractivity contribution in [2.45, 2.75) is 43.7 Å². The van der Waals surface area contributed by atoms with E-state index < -0.39 is 34.3 Å². The predicted molar refractivity (Wildman–Crippen MR) is 180 cm³/mol. The fraction of sp³-hybridized carbons (Fsp3) is 0.257. The zero-order valence-electron chi connectivity index (χ0n) is 25.7. The molecule has 0 saturated heterocycles. The summed E-state index contributed by atoms with van der Waals surface area (Å²) in [5.74, 6) is -1.03. The Morgan fingerprint density at radius 3 is 2.15 bits per heavy atom. The lowest BCUT2D eigenvalue weighted by Gasteiger charge is -2.34. The number of methoxy groups -OCH3 is 1. The number of sulfonamides is 1. The van der Waals surface area contributed by atoms with Crippen molar-refractivity contribution in [1.29, 1.82) is 0 Å². The number of carbonyl (C=O) groups excluding carboxylic acids is 2. The third-order valence-corrected chi connectivity index (χ3v) is 9.72. The number of benzene rings is 4. The number of hydrogen-bond donors (Lipinski definition) is 1. The van der Waals surface area contributed by atoms with Crippen molar-refractivity contribution in [3.05, 3.63) is 125 Å². The van der Waals surface area contributed by atoms with E-state index in [1.54, 1.807) is 0 Å². The van der Waals surface area contributed by atoms with Crippen molar-refractivity contribution in [1.82, 2.24) is 10.2 Å². The highest BCUT2D eigenvalue weighted by molar-refractivity contribution is 9.10. The van der Waals surface area contributed by atoms with Gasteiger partial charge in [0.25, 0.3) is 10.0 Å². The highest BCUT2D eigenvalue weighted by Gasteiger charge is 2.34. The van der Waals surface area contributed by atoms with Gasteiger partial charge in [-0.1, -0.05) is 71.7 Å². The number of hydrogen-bond acceptors (Lipinski definition) is 5. The molecule has 46 heavy (non-hydrogen) atoms. The van der Waals surface area contributed by atoms with Crippen LogP contribution >= 0.6 is 15.9 Å². The Hall–Kier alpha value is -4.22. The Labute approximate surface area is 278 Å². The number of anilines is 1. The van der Waals surface area contributed by atoms with Gasteiger partial charge in [-0.3, -0.25) is 13.9 Å². The van der Waals surface area contributed by atoms with Gasteiger partial charge in [0.15, 0.2) is 0 Å². The Balaban J connectivity index is 1.78. The molecule has 0 spiro atoms. The molecular weight excluding hydrogens is 673 g/mol. The molecule has 2 amide bonds. The number of halogens is 2. The Kier molecular flexibility index (Phi) is 12.3. The second-order valence-corrected chi connectivity index (χ2v) is 13.4. The minimum absolute atomic E-state index is 0.0463. The van der Waals surface area contributed by atoms with Gasteiger partial charge < -0.3 is 15.0 Å². The number of rotatable bonds is 15. The van der Waals surface area contributed by atoms with Crippen LogP contribution in [0.4, 0.5) is 10.1 Å². The average Bonchev–Trinajstić information content (AvgIpc) is 3.07. The van der Waals surface area contributed by atoms with Gasteiger partial charge in [0.05, 0.1) is 17.7 Å². The Bertz CT molecular complexity index is 1690. The molecule has 4 aromatic rings. The molecule has 4 aromatic carbocycles. The summed E-state index contributed by atoms with van der Waals surface area (Å²) in [6.07, 6.45) is 1.85. The number of amides is 2. The van der Waals surface area contributed by atoms with E-state index in [9.17, 15) is 22.4 Å². The minimum Gasteiger partial charge on any atom is -0.497 e. The van der Waals surface area contributed by atoms with E-state index in [0.717, 1.165) is 44.9 Å². The Morgan fingerprint density at radius 2 is 1.54 bits per heavy atom. The number of unbranched alkanes of at least 4 members (excludes halogenated alkanes) is 1. The van der Waals surface area contributed by atoms with Crippen molar-refractivity contribution in [2.75, 3.05) is 24.5 Å². The van der Waals surface area contributed by atoms with Gasteiger partial charge in [0.2, 0.25) is 11.8 Å². The summed E-state index contributed by atoms with van der Waals surface area (Å²) in [5, 5.41) is 2.97. The van der Waals surface area contributed by atoms with Gasteiger partial charge in [-0.2, -0.15) is 0 Å². The molecule has 0 radical (unpaired) electrons. The fourth-order valence-corrected chi connectivity index (χ4v) is 6.54. The standard InChI is InChI=1S/C35H37BrFN3O5S/c1-3-4-22-38-35(42)33(23-26-8-6-5-7-9-26)39(24-27-10-12-28(36)13-11-27)34(41)25-40(30-16-14-29(37)15-17-30)46(43,44)32-20-18-31(45-2)19-21-32/h5-21,33H,3-4,22-25H2,1-2H3,(H,38,42)/t33-/m0/s1. The highest BCUT2D eigenvalue weighted by atomic mass is 79.9. The zero-order chi connectivity index (χ0) is 33.1. The second kappa shape index (κ2) is 16.4. The van der Waals surface area contributed by atoms with E-state index in [4.69, 9.17) is 4.74 Å². The fourth-order valence-electron chi connectivity index (χ4n) is 4.86. The third kappa shape index (κ3) is 9.17. The molecule has 11 heteroatoms. The van der Waals surface area contributed by atoms with Crippen LogP contribution in [-0.2, 0) is 32.6 Å². The van der Waals surface area contributed by atoms with Crippen LogP contribution in [0.5, 0.6) is 5.75 Å². The summed E-state index contributed by atoms with van der Waals surface area (Å²) in [6.45, 7) is 1.87. The number of nitrogens with zero attached hydrogens (tertiary/aromatic N) is 2. The maximum atomic E-state index is 14.4.